The van der Waals surface area contributed by atoms with Crippen LogP contribution in [0.4, 0.5) is 0 Å². The summed E-state index contributed by atoms with van der Waals surface area (Å²) >= 11 is 0. The first-order valence-corrected chi connectivity index (χ1v) is 11.5. The van der Waals surface area contributed by atoms with Crippen LogP contribution in [0.25, 0.3) is 0 Å². The minimum atomic E-state index is 0.111. The first-order valence-electron chi connectivity index (χ1n) is 11.5. The van der Waals surface area contributed by atoms with Crippen molar-refractivity contribution in [3.05, 3.63) is 29.8 Å². The molecule has 1 fully saturated rings. The monoisotopic (exact) mass is 372 g/mol. The third-order valence-electron chi connectivity index (χ3n) is 6.01. The van der Waals surface area contributed by atoms with E-state index >= 15 is 0 Å². The molecule has 152 valence electrons. The third kappa shape index (κ3) is 8.07. The van der Waals surface area contributed by atoms with E-state index in [1.54, 1.807) is 0 Å². The highest BCUT2D eigenvalue weighted by molar-refractivity contribution is 5.86. The van der Waals surface area contributed by atoms with Crippen LogP contribution >= 0.6 is 0 Å². The number of Topliss-reactive ketones (excluding diaryl/α,β-unsaturated/α-hetero) is 1. The molecule has 0 aromatic heterocycles. The van der Waals surface area contributed by atoms with Gasteiger partial charge in [0.1, 0.15) is 11.5 Å². The van der Waals surface area contributed by atoms with Crippen molar-refractivity contribution in [2.45, 2.75) is 103 Å². The molecule has 1 aromatic rings. The van der Waals surface area contributed by atoms with Crippen molar-refractivity contribution in [1.29, 1.82) is 0 Å². The highest BCUT2D eigenvalue weighted by Crippen LogP contribution is 2.35. The maximum absolute atomic E-state index is 12.6. The molecule has 2 unspecified atom stereocenters. The zero-order valence-electron chi connectivity index (χ0n) is 17.7. The zero-order chi connectivity index (χ0) is 19.3. The van der Waals surface area contributed by atoms with Gasteiger partial charge in [-0.05, 0) is 42.9 Å². The van der Waals surface area contributed by atoms with Crippen LogP contribution in [0.2, 0.25) is 0 Å². The summed E-state index contributed by atoms with van der Waals surface area (Å²) in [5, 5.41) is 0. The number of hydrogen-bond acceptors (Lipinski definition) is 2. The lowest BCUT2D eigenvalue weighted by Gasteiger charge is -2.27. The minimum absolute atomic E-state index is 0.111. The number of ketones is 1. The highest BCUT2D eigenvalue weighted by atomic mass is 16.5. The molecule has 0 bridgehead atoms. The quantitative estimate of drug-likeness (QED) is 0.336. The summed E-state index contributed by atoms with van der Waals surface area (Å²) in [5.74, 6) is 2.12. The van der Waals surface area contributed by atoms with E-state index in [2.05, 4.69) is 26.0 Å². The first-order chi connectivity index (χ1) is 13.2. The Labute approximate surface area is 167 Å². The van der Waals surface area contributed by atoms with Gasteiger partial charge in [0.15, 0.2) is 0 Å². The number of hydrogen-bond donors (Lipinski definition) is 0. The molecule has 27 heavy (non-hydrogen) atoms. The summed E-state index contributed by atoms with van der Waals surface area (Å²) in [6.07, 6.45) is 15.8. The molecule has 1 saturated carbocycles. The third-order valence-corrected chi connectivity index (χ3v) is 6.01. The Bertz CT molecular complexity index is 520. The van der Waals surface area contributed by atoms with Crippen LogP contribution in [0.1, 0.15) is 109 Å². The van der Waals surface area contributed by atoms with Gasteiger partial charge in [0, 0.05) is 12.3 Å². The van der Waals surface area contributed by atoms with E-state index in [9.17, 15) is 4.79 Å². The lowest BCUT2D eigenvalue weighted by Crippen LogP contribution is -2.23. The lowest BCUT2D eigenvalue weighted by atomic mass is 9.76. The number of rotatable bonds is 13. The molecule has 0 amide bonds. The molecule has 0 N–H and O–H groups in total. The van der Waals surface area contributed by atoms with Gasteiger partial charge in [0.05, 0.1) is 6.61 Å². The van der Waals surface area contributed by atoms with E-state index in [1.807, 2.05) is 12.1 Å². The first kappa shape index (κ1) is 22.0. The second kappa shape index (κ2) is 13.0. The molecule has 1 aliphatic carbocycles. The van der Waals surface area contributed by atoms with Gasteiger partial charge in [-0.25, -0.2) is 0 Å². The Morgan fingerprint density at radius 2 is 1.52 bits per heavy atom. The van der Waals surface area contributed by atoms with Crippen molar-refractivity contribution in [3.8, 4) is 5.75 Å². The molecule has 0 heterocycles. The molecule has 1 aromatic carbocycles. The number of unbranched alkanes of at least 4 members (excludes halogenated alkanes) is 7. The molecule has 2 nitrogen and oxygen atoms in total. The van der Waals surface area contributed by atoms with Crippen LogP contribution in [0.5, 0.6) is 5.75 Å². The standard InChI is InChI=1S/C25H40O2/c1-3-5-7-8-9-10-11-19-27-23-16-14-22(15-17-23)24-18-13-21(12-6-4-2)20-25(24)26/h14-17,21,24H,3-13,18-20H2,1-2H3. The van der Waals surface area contributed by atoms with E-state index in [0.29, 0.717) is 11.7 Å². The molecule has 1 aliphatic rings. The molecule has 0 spiro atoms. The molecule has 0 saturated heterocycles. The average molecular weight is 373 g/mol. The van der Waals surface area contributed by atoms with E-state index < -0.39 is 0 Å². The number of ether oxygens (including phenoxy) is 1. The molecular weight excluding hydrogens is 332 g/mol. The fourth-order valence-corrected chi connectivity index (χ4v) is 4.23. The van der Waals surface area contributed by atoms with Crippen molar-refractivity contribution in [2.75, 3.05) is 6.61 Å². The predicted molar refractivity (Wildman–Crippen MR) is 115 cm³/mol. The maximum Gasteiger partial charge on any atom is 0.140 e. The van der Waals surface area contributed by atoms with Gasteiger partial charge < -0.3 is 4.74 Å². The van der Waals surface area contributed by atoms with E-state index in [0.717, 1.165) is 31.6 Å². The van der Waals surface area contributed by atoms with Gasteiger partial charge >= 0.3 is 0 Å². The summed E-state index contributed by atoms with van der Waals surface area (Å²) < 4.78 is 5.88. The van der Waals surface area contributed by atoms with Crippen LogP contribution in [0, 0.1) is 5.92 Å². The van der Waals surface area contributed by atoms with E-state index in [1.165, 1.54) is 69.8 Å². The Morgan fingerprint density at radius 3 is 2.19 bits per heavy atom. The van der Waals surface area contributed by atoms with Gasteiger partial charge in [-0.2, -0.15) is 0 Å². The highest BCUT2D eigenvalue weighted by Gasteiger charge is 2.29. The Hall–Kier alpha value is -1.31. The zero-order valence-corrected chi connectivity index (χ0v) is 17.7. The van der Waals surface area contributed by atoms with Crippen LogP contribution in [-0.4, -0.2) is 12.4 Å². The Balaban J connectivity index is 1.67. The molecule has 0 radical (unpaired) electrons. The largest absolute Gasteiger partial charge is 0.494 e. The molecule has 2 heteroatoms. The van der Waals surface area contributed by atoms with Gasteiger partial charge in [-0.3, -0.25) is 4.79 Å². The predicted octanol–water partition coefficient (Wildman–Crippen LogP) is 7.46. The van der Waals surface area contributed by atoms with Crippen molar-refractivity contribution in [3.63, 3.8) is 0 Å². The van der Waals surface area contributed by atoms with Crippen molar-refractivity contribution >= 4 is 5.78 Å². The smallest absolute Gasteiger partial charge is 0.140 e. The van der Waals surface area contributed by atoms with Crippen LogP contribution < -0.4 is 4.74 Å². The van der Waals surface area contributed by atoms with Gasteiger partial charge in [0.2, 0.25) is 0 Å². The van der Waals surface area contributed by atoms with Crippen LogP contribution in [0.15, 0.2) is 24.3 Å². The summed E-state index contributed by atoms with van der Waals surface area (Å²) in [5.41, 5.74) is 1.18. The maximum atomic E-state index is 12.6. The normalized spacial score (nSPS) is 20.0. The van der Waals surface area contributed by atoms with Crippen molar-refractivity contribution in [1.82, 2.24) is 0 Å². The van der Waals surface area contributed by atoms with Crippen molar-refractivity contribution < 1.29 is 9.53 Å². The topological polar surface area (TPSA) is 26.3 Å². The second-order valence-electron chi connectivity index (χ2n) is 8.35. The summed E-state index contributed by atoms with van der Waals surface area (Å²) in [7, 11) is 0. The Morgan fingerprint density at radius 1 is 0.852 bits per heavy atom. The number of carbonyl (C=O) groups excluding carboxylic acids is 1. The second-order valence-corrected chi connectivity index (χ2v) is 8.35. The fourth-order valence-electron chi connectivity index (χ4n) is 4.23. The molecule has 2 atom stereocenters. The van der Waals surface area contributed by atoms with Gasteiger partial charge in [-0.1, -0.05) is 83.8 Å². The number of benzene rings is 1. The summed E-state index contributed by atoms with van der Waals surface area (Å²) in [4.78, 5) is 12.6. The van der Waals surface area contributed by atoms with Crippen LogP contribution in [0.3, 0.4) is 0 Å². The van der Waals surface area contributed by atoms with Gasteiger partial charge in [0.25, 0.3) is 0 Å². The molecular formula is C25H40O2. The van der Waals surface area contributed by atoms with E-state index in [4.69, 9.17) is 4.74 Å². The SMILES string of the molecule is CCCCCCCCCOc1ccc(C2CCC(CCCC)CC2=O)cc1. The van der Waals surface area contributed by atoms with Gasteiger partial charge in [-0.15, -0.1) is 0 Å². The summed E-state index contributed by atoms with van der Waals surface area (Å²) in [6.45, 7) is 5.28. The summed E-state index contributed by atoms with van der Waals surface area (Å²) in [6, 6.07) is 8.31. The number of carbonyl (C=O) groups is 1. The van der Waals surface area contributed by atoms with Crippen molar-refractivity contribution in [2.24, 2.45) is 5.92 Å². The average Bonchev–Trinajstić information content (AvgIpc) is 2.69. The van der Waals surface area contributed by atoms with Crippen LogP contribution in [-0.2, 0) is 4.79 Å². The molecule has 2 rings (SSSR count). The minimum Gasteiger partial charge on any atom is -0.494 e. The van der Waals surface area contributed by atoms with E-state index in [-0.39, 0.29) is 5.92 Å². The fraction of sp³-hybridized carbons (Fsp3) is 0.720. The lowest BCUT2D eigenvalue weighted by molar-refractivity contribution is -0.123. The Kier molecular flexibility index (Phi) is 10.6. The molecule has 0 aliphatic heterocycles.